The number of benzene rings is 2. The van der Waals surface area contributed by atoms with E-state index in [-0.39, 0.29) is 0 Å². The maximum atomic E-state index is 10.1. The Kier molecular flexibility index (Phi) is 3.82. The summed E-state index contributed by atoms with van der Waals surface area (Å²) >= 11 is 0. The Morgan fingerprint density at radius 2 is 1.59 bits per heavy atom. The van der Waals surface area contributed by atoms with Crippen LogP contribution in [0.4, 0.5) is 0 Å². The number of hydrogen-bond donors (Lipinski definition) is 0. The molecule has 0 N–H and O–H groups in total. The molecule has 0 atom stereocenters. The van der Waals surface area contributed by atoms with Crippen molar-refractivity contribution in [1.29, 1.82) is 5.26 Å². The van der Waals surface area contributed by atoms with Crippen LogP contribution in [-0.2, 0) is 18.3 Å². The van der Waals surface area contributed by atoms with E-state index in [4.69, 9.17) is 5.53 Å². The minimum Gasteiger partial charge on any atom is -0.197 e. The van der Waals surface area contributed by atoms with Crippen LogP contribution in [0.25, 0.3) is 10.4 Å². The smallest absolute Gasteiger partial charge is 0.108 e. The number of aryl methyl sites for hydroxylation is 2. The van der Waals surface area contributed by atoms with Crippen LogP contribution in [0.1, 0.15) is 28.7 Å². The van der Waals surface area contributed by atoms with E-state index in [9.17, 15) is 5.26 Å². The van der Waals surface area contributed by atoms with Crippen LogP contribution < -0.4 is 0 Å². The van der Waals surface area contributed by atoms with Crippen LogP contribution in [0.5, 0.6) is 0 Å². The quantitative estimate of drug-likeness (QED) is 0.471. The lowest BCUT2D eigenvalue weighted by Crippen LogP contribution is -2.28. The Morgan fingerprint density at radius 3 is 2.09 bits per heavy atom. The first-order chi connectivity index (χ1) is 10.8. The molecule has 2 aromatic carbocycles. The lowest BCUT2D eigenvalue weighted by Gasteiger charge is -2.29. The van der Waals surface area contributed by atoms with Crippen molar-refractivity contribution in [3.05, 3.63) is 81.2 Å². The summed E-state index contributed by atoms with van der Waals surface area (Å²) in [6.07, 6.45) is 2.36. The van der Waals surface area contributed by atoms with Gasteiger partial charge in [0.25, 0.3) is 0 Å². The van der Waals surface area contributed by atoms with Crippen molar-refractivity contribution in [2.24, 2.45) is 5.11 Å². The fourth-order valence-electron chi connectivity index (χ4n) is 3.43. The zero-order chi connectivity index (χ0) is 15.4. The second-order valence-electron chi connectivity index (χ2n) is 5.54. The van der Waals surface area contributed by atoms with Gasteiger partial charge in [-0.25, -0.2) is 0 Å². The van der Waals surface area contributed by atoms with E-state index in [0.29, 0.717) is 13.0 Å². The summed E-state index contributed by atoms with van der Waals surface area (Å²) < 4.78 is 0. The highest BCUT2D eigenvalue weighted by Crippen LogP contribution is 2.41. The molecule has 4 heteroatoms. The van der Waals surface area contributed by atoms with E-state index in [0.717, 1.165) is 24.0 Å². The summed E-state index contributed by atoms with van der Waals surface area (Å²) in [5.41, 5.74) is 12.4. The maximum absolute atomic E-state index is 10.1. The van der Waals surface area contributed by atoms with Gasteiger partial charge < -0.3 is 0 Å². The molecule has 0 fully saturated rings. The van der Waals surface area contributed by atoms with Gasteiger partial charge in [-0.3, -0.25) is 0 Å². The van der Waals surface area contributed by atoms with Gasteiger partial charge in [0.1, 0.15) is 5.41 Å². The molecule has 4 nitrogen and oxygen atoms in total. The number of rotatable bonds is 3. The van der Waals surface area contributed by atoms with Crippen molar-refractivity contribution in [3.8, 4) is 6.07 Å². The zero-order valence-electron chi connectivity index (χ0n) is 12.2. The third-order valence-corrected chi connectivity index (χ3v) is 4.46. The molecule has 2 aromatic rings. The number of nitrogens with zero attached hydrogens (tertiary/aromatic N) is 4. The zero-order valence-corrected chi connectivity index (χ0v) is 12.2. The standard InChI is InChI=1S/C18H16N4/c19-13-18(11-12-21-22-20)16-7-3-1-5-14(16)9-10-15-6-2-4-8-17(15)18/h1-8H,9-12H2. The molecule has 1 aliphatic carbocycles. The lowest BCUT2D eigenvalue weighted by atomic mass is 9.71. The molecule has 3 rings (SSSR count). The van der Waals surface area contributed by atoms with Crippen molar-refractivity contribution in [1.82, 2.24) is 0 Å². The summed E-state index contributed by atoms with van der Waals surface area (Å²) in [4.78, 5) is 2.84. The van der Waals surface area contributed by atoms with Crippen molar-refractivity contribution >= 4 is 0 Å². The Bertz CT molecular complexity index is 734. The number of nitriles is 1. The van der Waals surface area contributed by atoms with Gasteiger partial charge >= 0.3 is 0 Å². The van der Waals surface area contributed by atoms with E-state index in [1.807, 2.05) is 36.4 Å². The highest BCUT2D eigenvalue weighted by atomic mass is 15.1. The van der Waals surface area contributed by atoms with Gasteiger partial charge in [0, 0.05) is 11.5 Å². The van der Waals surface area contributed by atoms with Gasteiger partial charge in [-0.2, -0.15) is 5.26 Å². The highest BCUT2D eigenvalue weighted by Gasteiger charge is 2.38. The molecule has 0 aromatic heterocycles. The molecule has 22 heavy (non-hydrogen) atoms. The van der Waals surface area contributed by atoms with Gasteiger partial charge in [0.2, 0.25) is 0 Å². The van der Waals surface area contributed by atoms with E-state index >= 15 is 0 Å². The fraction of sp³-hybridized carbons (Fsp3) is 0.278. The molecule has 108 valence electrons. The average molecular weight is 288 g/mol. The maximum Gasteiger partial charge on any atom is 0.108 e. The molecule has 1 aliphatic rings. The molecule has 0 spiro atoms. The second kappa shape index (κ2) is 5.93. The summed E-state index contributed by atoms with van der Waals surface area (Å²) in [6.45, 7) is 0.312. The molecule has 0 aliphatic heterocycles. The molecule has 0 heterocycles. The van der Waals surface area contributed by atoms with Crippen LogP contribution in [-0.4, -0.2) is 6.54 Å². The van der Waals surface area contributed by atoms with E-state index in [2.05, 4.69) is 28.2 Å². The van der Waals surface area contributed by atoms with E-state index in [1.54, 1.807) is 0 Å². The Labute approximate surface area is 129 Å². The number of fused-ring (bicyclic) bond motifs is 2. The van der Waals surface area contributed by atoms with Crippen LogP contribution in [0.3, 0.4) is 0 Å². The second-order valence-corrected chi connectivity index (χ2v) is 5.54. The van der Waals surface area contributed by atoms with Crippen LogP contribution in [0.15, 0.2) is 53.6 Å². The minimum absolute atomic E-state index is 0.312. The Hall–Kier alpha value is -2.76. The summed E-state index contributed by atoms with van der Waals surface area (Å²) in [6, 6.07) is 18.8. The SMILES string of the molecule is N#CC1(CCN=[N+]=[N-])c2ccccc2CCc2ccccc21. The number of azide groups is 1. The molecule has 0 bridgehead atoms. The molecular formula is C18H16N4. The normalized spacial score (nSPS) is 14.7. The predicted octanol–water partition coefficient (Wildman–Crippen LogP) is 4.30. The third-order valence-electron chi connectivity index (χ3n) is 4.46. The minimum atomic E-state index is -0.738. The first kappa shape index (κ1) is 14.2. The first-order valence-electron chi connectivity index (χ1n) is 7.41. The van der Waals surface area contributed by atoms with Crippen molar-refractivity contribution in [2.75, 3.05) is 6.54 Å². The van der Waals surface area contributed by atoms with Gasteiger partial charge in [-0.15, -0.1) is 0 Å². The fourth-order valence-corrected chi connectivity index (χ4v) is 3.43. The average Bonchev–Trinajstić information content (AvgIpc) is 2.71. The monoisotopic (exact) mass is 288 g/mol. The van der Waals surface area contributed by atoms with E-state index < -0.39 is 5.41 Å². The van der Waals surface area contributed by atoms with Crippen molar-refractivity contribution in [2.45, 2.75) is 24.7 Å². The molecular weight excluding hydrogens is 272 g/mol. The largest absolute Gasteiger partial charge is 0.197 e. The van der Waals surface area contributed by atoms with Gasteiger partial charge in [0.15, 0.2) is 0 Å². The van der Waals surface area contributed by atoms with Crippen molar-refractivity contribution in [3.63, 3.8) is 0 Å². The molecule has 0 saturated heterocycles. The van der Waals surface area contributed by atoms with Crippen molar-refractivity contribution < 1.29 is 0 Å². The van der Waals surface area contributed by atoms with E-state index in [1.165, 1.54) is 11.1 Å². The predicted molar refractivity (Wildman–Crippen MR) is 85.3 cm³/mol. The molecule has 0 unspecified atom stereocenters. The molecule has 0 saturated carbocycles. The summed E-state index contributed by atoms with van der Waals surface area (Å²) in [7, 11) is 0. The van der Waals surface area contributed by atoms with Gasteiger partial charge in [-0.05, 0) is 47.0 Å². The third kappa shape index (κ3) is 2.22. The summed E-state index contributed by atoms with van der Waals surface area (Å²) in [5, 5.41) is 13.7. The topological polar surface area (TPSA) is 72.5 Å². The first-order valence-corrected chi connectivity index (χ1v) is 7.41. The lowest BCUT2D eigenvalue weighted by molar-refractivity contribution is 0.598. The summed E-state index contributed by atoms with van der Waals surface area (Å²) in [5.74, 6) is 0. The molecule has 0 radical (unpaired) electrons. The Morgan fingerprint density at radius 1 is 1.05 bits per heavy atom. The van der Waals surface area contributed by atoms with Crippen LogP contribution in [0, 0.1) is 11.3 Å². The van der Waals surface area contributed by atoms with Gasteiger partial charge in [0.05, 0.1) is 6.07 Å². The Balaban J connectivity index is 2.25. The highest BCUT2D eigenvalue weighted by molar-refractivity contribution is 5.54. The number of hydrogen-bond acceptors (Lipinski definition) is 2. The van der Waals surface area contributed by atoms with Crippen LogP contribution in [0.2, 0.25) is 0 Å². The molecule has 0 amide bonds. The van der Waals surface area contributed by atoms with Crippen LogP contribution >= 0.6 is 0 Å². The van der Waals surface area contributed by atoms with Gasteiger partial charge in [-0.1, -0.05) is 53.6 Å².